The van der Waals surface area contributed by atoms with Crippen LogP contribution in [-0.4, -0.2) is 11.0 Å². The molecule has 0 aliphatic heterocycles. The Morgan fingerprint density at radius 1 is 1.71 bits per heavy atom. The third kappa shape index (κ3) is 2.31. The average Bonchev–Trinajstić information content (AvgIpc) is 2.20. The molecular formula is C9H5ClN2O2. The highest BCUT2D eigenvalue weighted by atomic mass is 35.5. The zero-order valence-electron chi connectivity index (χ0n) is 7.03. The Morgan fingerprint density at radius 3 is 3.00 bits per heavy atom. The minimum atomic E-state index is -0.831. The smallest absolute Gasteiger partial charge is 0.353 e. The van der Waals surface area contributed by atoms with Gasteiger partial charge in [-0.3, -0.25) is 0 Å². The van der Waals surface area contributed by atoms with Crippen molar-refractivity contribution >= 4 is 17.6 Å². The lowest BCUT2D eigenvalue weighted by atomic mass is 10.3. The number of aromatic nitrogens is 1. The fourth-order valence-electron chi connectivity index (χ4n) is 0.655. The van der Waals surface area contributed by atoms with E-state index >= 15 is 0 Å². The van der Waals surface area contributed by atoms with Gasteiger partial charge in [0, 0.05) is 6.20 Å². The van der Waals surface area contributed by atoms with Gasteiger partial charge in [0.1, 0.15) is 11.6 Å². The first-order valence-corrected chi connectivity index (χ1v) is 3.94. The first-order valence-electron chi connectivity index (χ1n) is 3.57. The molecule has 0 atom stereocenters. The third-order valence-corrected chi connectivity index (χ3v) is 1.59. The lowest BCUT2D eigenvalue weighted by Gasteiger charge is -2.02. The maximum Gasteiger partial charge on any atom is 0.353 e. The molecule has 0 radical (unpaired) electrons. The zero-order valence-corrected chi connectivity index (χ0v) is 7.78. The first-order chi connectivity index (χ1) is 6.65. The molecule has 14 heavy (non-hydrogen) atoms. The summed E-state index contributed by atoms with van der Waals surface area (Å²) in [4.78, 5) is 14.8. The van der Waals surface area contributed by atoms with Crippen molar-refractivity contribution in [2.45, 2.75) is 0 Å². The van der Waals surface area contributed by atoms with Gasteiger partial charge in [0.15, 0.2) is 10.9 Å². The van der Waals surface area contributed by atoms with E-state index in [0.29, 0.717) is 0 Å². The number of ether oxygens (including phenoxy) is 1. The van der Waals surface area contributed by atoms with Gasteiger partial charge in [-0.25, -0.2) is 9.78 Å². The van der Waals surface area contributed by atoms with Gasteiger partial charge < -0.3 is 4.74 Å². The topological polar surface area (TPSA) is 63.0 Å². The number of halogens is 1. The van der Waals surface area contributed by atoms with Crippen molar-refractivity contribution in [3.63, 3.8) is 0 Å². The molecule has 4 nitrogen and oxygen atoms in total. The number of hydrogen-bond acceptors (Lipinski definition) is 4. The van der Waals surface area contributed by atoms with Crippen molar-refractivity contribution in [1.82, 2.24) is 4.98 Å². The van der Waals surface area contributed by atoms with Crippen molar-refractivity contribution in [2.24, 2.45) is 0 Å². The number of esters is 1. The van der Waals surface area contributed by atoms with Crippen molar-refractivity contribution in [2.75, 3.05) is 0 Å². The molecule has 1 rings (SSSR count). The summed E-state index contributed by atoms with van der Waals surface area (Å²) in [6.07, 6.45) is 1.46. The van der Waals surface area contributed by atoms with Crippen LogP contribution in [-0.2, 0) is 4.79 Å². The number of rotatable bonds is 2. The standard InChI is InChI=1S/C9H5ClN2O2/c1-6(5-11)9(13)14-7-3-2-4-12-8(7)10/h2-4H,1H2. The molecule has 0 saturated heterocycles. The second-order valence-corrected chi connectivity index (χ2v) is 2.63. The Bertz CT molecular complexity index is 423. The van der Waals surface area contributed by atoms with Crippen LogP contribution < -0.4 is 4.74 Å². The van der Waals surface area contributed by atoms with Crippen molar-refractivity contribution in [1.29, 1.82) is 5.26 Å². The predicted molar refractivity (Wildman–Crippen MR) is 49.6 cm³/mol. The van der Waals surface area contributed by atoms with E-state index in [1.54, 1.807) is 12.1 Å². The predicted octanol–water partition coefficient (Wildman–Crippen LogP) is 1.72. The summed E-state index contributed by atoms with van der Waals surface area (Å²) in [5.41, 5.74) is -0.287. The largest absolute Gasteiger partial charge is 0.419 e. The average molecular weight is 209 g/mol. The van der Waals surface area contributed by atoms with Crippen LogP contribution in [0.1, 0.15) is 0 Å². The summed E-state index contributed by atoms with van der Waals surface area (Å²) in [5.74, 6) is -0.724. The molecule has 0 amide bonds. The summed E-state index contributed by atoms with van der Waals surface area (Å²) in [5, 5.41) is 8.42. The highest BCUT2D eigenvalue weighted by molar-refractivity contribution is 6.30. The highest BCUT2D eigenvalue weighted by Crippen LogP contribution is 2.20. The molecule has 0 bridgehead atoms. The quantitative estimate of drug-likeness (QED) is 0.321. The monoisotopic (exact) mass is 208 g/mol. The first kappa shape index (κ1) is 10.2. The van der Waals surface area contributed by atoms with Gasteiger partial charge in [-0.05, 0) is 12.1 Å². The second kappa shape index (κ2) is 4.40. The Morgan fingerprint density at radius 2 is 2.43 bits per heavy atom. The number of nitrogens with zero attached hydrogens (tertiary/aromatic N) is 2. The van der Waals surface area contributed by atoms with E-state index in [2.05, 4.69) is 11.6 Å². The van der Waals surface area contributed by atoms with E-state index in [0.717, 1.165) is 0 Å². The third-order valence-electron chi connectivity index (χ3n) is 1.31. The van der Waals surface area contributed by atoms with Gasteiger partial charge in [-0.1, -0.05) is 18.2 Å². The van der Waals surface area contributed by atoms with Gasteiger partial charge in [-0.2, -0.15) is 5.26 Å². The van der Waals surface area contributed by atoms with E-state index in [4.69, 9.17) is 21.6 Å². The molecule has 1 aromatic heterocycles. The number of carbonyl (C=O) groups is 1. The van der Waals surface area contributed by atoms with Gasteiger partial charge in [0.2, 0.25) is 0 Å². The summed E-state index contributed by atoms with van der Waals surface area (Å²) < 4.78 is 4.74. The number of nitriles is 1. The maximum atomic E-state index is 11.1. The fraction of sp³-hybridized carbons (Fsp3) is 0. The van der Waals surface area contributed by atoms with E-state index < -0.39 is 5.97 Å². The summed E-state index contributed by atoms with van der Waals surface area (Å²) in [6.45, 7) is 3.20. The second-order valence-electron chi connectivity index (χ2n) is 2.27. The molecule has 0 fully saturated rings. The minimum absolute atomic E-state index is 0.0617. The number of hydrogen-bond donors (Lipinski definition) is 0. The summed E-state index contributed by atoms with van der Waals surface area (Å²) in [7, 11) is 0. The minimum Gasteiger partial charge on any atom is -0.419 e. The summed E-state index contributed by atoms with van der Waals surface area (Å²) >= 11 is 5.62. The molecule has 0 aromatic carbocycles. The van der Waals surface area contributed by atoms with E-state index in [9.17, 15) is 4.79 Å². The summed E-state index contributed by atoms with van der Waals surface area (Å²) in [6, 6.07) is 4.60. The lowest BCUT2D eigenvalue weighted by molar-refractivity contribution is -0.129. The Kier molecular flexibility index (Phi) is 3.21. The van der Waals surface area contributed by atoms with E-state index in [1.165, 1.54) is 12.3 Å². The van der Waals surface area contributed by atoms with Crippen molar-refractivity contribution in [3.8, 4) is 11.8 Å². The van der Waals surface area contributed by atoms with Crippen LogP contribution in [0.5, 0.6) is 5.75 Å². The SMILES string of the molecule is C=C(C#N)C(=O)Oc1cccnc1Cl. The molecule has 0 aliphatic carbocycles. The van der Waals surface area contributed by atoms with Gasteiger partial charge in [0.05, 0.1) is 0 Å². The van der Waals surface area contributed by atoms with Crippen LogP contribution in [0.25, 0.3) is 0 Å². The fourth-order valence-corrected chi connectivity index (χ4v) is 0.812. The van der Waals surface area contributed by atoms with Gasteiger partial charge >= 0.3 is 5.97 Å². The molecule has 0 N–H and O–H groups in total. The van der Waals surface area contributed by atoms with Crippen LogP contribution in [0, 0.1) is 11.3 Å². The Hall–Kier alpha value is -1.86. The van der Waals surface area contributed by atoms with Crippen LogP contribution in [0.15, 0.2) is 30.5 Å². The van der Waals surface area contributed by atoms with Gasteiger partial charge in [-0.15, -0.1) is 0 Å². The Balaban J connectivity index is 2.81. The molecule has 0 spiro atoms. The maximum absolute atomic E-state index is 11.1. The normalized spacial score (nSPS) is 8.86. The Labute approximate surface area is 85.4 Å². The molecule has 0 unspecified atom stereocenters. The molecule has 0 saturated carbocycles. The van der Waals surface area contributed by atoms with Gasteiger partial charge in [0.25, 0.3) is 0 Å². The van der Waals surface area contributed by atoms with Crippen molar-refractivity contribution in [3.05, 3.63) is 35.6 Å². The van der Waals surface area contributed by atoms with Crippen LogP contribution >= 0.6 is 11.6 Å². The lowest BCUT2D eigenvalue weighted by Crippen LogP contribution is -2.09. The highest BCUT2D eigenvalue weighted by Gasteiger charge is 2.11. The van der Waals surface area contributed by atoms with Crippen LogP contribution in [0.3, 0.4) is 0 Å². The molecule has 0 aliphatic rings. The molecule has 1 heterocycles. The molecule has 5 heteroatoms. The van der Waals surface area contributed by atoms with E-state index in [-0.39, 0.29) is 16.5 Å². The zero-order chi connectivity index (χ0) is 10.6. The van der Waals surface area contributed by atoms with E-state index in [1.807, 2.05) is 0 Å². The molecule has 1 aromatic rings. The van der Waals surface area contributed by atoms with Crippen molar-refractivity contribution < 1.29 is 9.53 Å². The molecule has 70 valence electrons. The van der Waals surface area contributed by atoms with Crippen LogP contribution in [0.4, 0.5) is 0 Å². The number of carbonyl (C=O) groups excluding carboxylic acids is 1. The molecular weight excluding hydrogens is 204 g/mol. The van der Waals surface area contributed by atoms with Crippen LogP contribution in [0.2, 0.25) is 5.15 Å². The number of pyridine rings is 1.